The summed E-state index contributed by atoms with van der Waals surface area (Å²) in [6.07, 6.45) is 0. The van der Waals surface area contributed by atoms with E-state index in [1.54, 1.807) is 4.68 Å². The van der Waals surface area contributed by atoms with Crippen LogP contribution in [0.15, 0.2) is 21.1 Å². The molecule has 0 aliphatic heterocycles. The van der Waals surface area contributed by atoms with Crippen molar-refractivity contribution in [1.29, 1.82) is 0 Å². The smallest absolute Gasteiger partial charge is 0.170 e. The number of nitrogens with one attached hydrogen (secondary N) is 1. The molecule has 0 spiro atoms. The minimum Gasteiger partial charge on any atom is -0.313 e. The highest BCUT2D eigenvalue weighted by Gasteiger charge is 2.14. The number of rotatable bonds is 3. The van der Waals surface area contributed by atoms with E-state index in [9.17, 15) is 0 Å². The molecule has 1 aromatic carbocycles. The van der Waals surface area contributed by atoms with Crippen molar-refractivity contribution in [2.45, 2.75) is 13.5 Å². The zero-order valence-corrected chi connectivity index (χ0v) is 12.6. The van der Waals surface area contributed by atoms with Gasteiger partial charge in [0.05, 0.1) is 12.2 Å². The van der Waals surface area contributed by atoms with Crippen molar-refractivity contribution >= 4 is 31.9 Å². The van der Waals surface area contributed by atoms with Crippen LogP contribution in [0.3, 0.4) is 0 Å². The van der Waals surface area contributed by atoms with Crippen molar-refractivity contribution < 1.29 is 0 Å². The summed E-state index contributed by atoms with van der Waals surface area (Å²) in [6.45, 7) is 2.65. The zero-order chi connectivity index (χ0) is 12.4. The summed E-state index contributed by atoms with van der Waals surface area (Å²) in [5, 5.41) is 14.7. The summed E-state index contributed by atoms with van der Waals surface area (Å²) in [5.74, 6) is 0.762. The Morgan fingerprint density at radius 2 is 1.94 bits per heavy atom. The molecule has 1 heterocycles. The highest BCUT2D eigenvalue weighted by atomic mass is 79.9. The average Bonchev–Trinajstić information content (AvgIpc) is 2.65. The average molecular weight is 361 g/mol. The molecule has 0 aliphatic rings. The van der Waals surface area contributed by atoms with Crippen molar-refractivity contribution in [3.8, 4) is 5.69 Å². The van der Waals surface area contributed by atoms with Gasteiger partial charge in [-0.25, -0.2) is 0 Å². The molecule has 1 aromatic heterocycles. The minimum absolute atomic E-state index is 0.611. The first-order valence-corrected chi connectivity index (χ1v) is 6.60. The largest absolute Gasteiger partial charge is 0.313 e. The normalized spacial score (nSPS) is 10.8. The van der Waals surface area contributed by atoms with Crippen LogP contribution < -0.4 is 5.32 Å². The van der Waals surface area contributed by atoms with E-state index in [2.05, 4.69) is 52.7 Å². The monoisotopic (exact) mass is 359 g/mol. The van der Waals surface area contributed by atoms with E-state index < -0.39 is 0 Å². The molecule has 0 fully saturated rings. The van der Waals surface area contributed by atoms with Gasteiger partial charge in [-0.15, -0.1) is 5.10 Å². The van der Waals surface area contributed by atoms with Gasteiger partial charge >= 0.3 is 0 Å². The van der Waals surface area contributed by atoms with Crippen molar-refractivity contribution in [2.75, 3.05) is 7.05 Å². The Labute approximate surface area is 116 Å². The first kappa shape index (κ1) is 12.7. The molecule has 2 aromatic rings. The van der Waals surface area contributed by atoms with Crippen LogP contribution in [0.25, 0.3) is 5.69 Å². The van der Waals surface area contributed by atoms with Gasteiger partial charge in [0.2, 0.25) is 0 Å². The molecule has 0 amide bonds. The Balaban J connectivity index is 2.56. The molecule has 2 rings (SSSR count). The molecule has 17 heavy (non-hydrogen) atoms. The Hall–Kier alpha value is -0.790. The number of benzene rings is 1. The topological polar surface area (TPSA) is 55.6 Å². The van der Waals surface area contributed by atoms with E-state index in [0.29, 0.717) is 6.54 Å². The lowest BCUT2D eigenvalue weighted by atomic mass is 10.2. The van der Waals surface area contributed by atoms with Crippen LogP contribution in [0.2, 0.25) is 0 Å². The van der Waals surface area contributed by atoms with Gasteiger partial charge in [-0.05, 0) is 74.0 Å². The first-order chi connectivity index (χ1) is 8.13. The third kappa shape index (κ3) is 2.56. The molecule has 0 atom stereocenters. The zero-order valence-electron chi connectivity index (χ0n) is 9.41. The second-order valence-corrected chi connectivity index (χ2v) is 5.32. The maximum atomic E-state index is 4.01. The lowest BCUT2D eigenvalue weighted by Crippen LogP contribution is -2.13. The fraction of sp³-hybridized carbons (Fsp3) is 0.300. The number of aromatic nitrogens is 4. The Bertz CT molecular complexity index is 514. The third-order valence-electron chi connectivity index (χ3n) is 2.24. The molecule has 5 nitrogen and oxygen atoms in total. The van der Waals surface area contributed by atoms with E-state index in [4.69, 9.17) is 0 Å². The first-order valence-electron chi connectivity index (χ1n) is 5.01. The highest BCUT2D eigenvalue weighted by molar-refractivity contribution is 9.11. The van der Waals surface area contributed by atoms with Crippen LogP contribution in [-0.4, -0.2) is 27.3 Å². The van der Waals surface area contributed by atoms with Crippen molar-refractivity contribution in [2.24, 2.45) is 0 Å². The summed E-state index contributed by atoms with van der Waals surface area (Å²) in [4.78, 5) is 0. The van der Waals surface area contributed by atoms with E-state index in [1.807, 2.05) is 26.1 Å². The van der Waals surface area contributed by atoms with E-state index >= 15 is 0 Å². The number of tetrazole rings is 1. The van der Waals surface area contributed by atoms with Gasteiger partial charge in [0.15, 0.2) is 5.82 Å². The van der Waals surface area contributed by atoms with Crippen LogP contribution in [0, 0.1) is 6.92 Å². The molecule has 0 saturated carbocycles. The van der Waals surface area contributed by atoms with Gasteiger partial charge in [0.25, 0.3) is 0 Å². The van der Waals surface area contributed by atoms with Crippen LogP contribution in [0.4, 0.5) is 0 Å². The maximum absolute atomic E-state index is 4.01. The summed E-state index contributed by atoms with van der Waals surface area (Å²) in [7, 11) is 1.86. The second kappa shape index (κ2) is 5.24. The summed E-state index contributed by atoms with van der Waals surface area (Å²) < 4.78 is 3.62. The minimum atomic E-state index is 0.611. The van der Waals surface area contributed by atoms with Gasteiger partial charge < -0.3 is 5.32 Å². The van der Waals surface area contributed by atoms with Gasteiger partial charge in [0, 0.05) is 8.95 Å². The quantitative estimate of drug-likeness (QED) is 0.911. The number of hydrogen-bond acceptors (Lipinski definition) is 4. The number of nitrogens with zero attached hydrogens (tertiary/aromatic N) is 4. The lowest BCUT2D eigenvalue weighted by Gasteiger charge is -2.10. The predicted molar refractivity (Wildman–Crippen MR) is 72.1 cm³/mol. The number of hydrogen-bond donors (Lipinski definition) is 1. The molecular weight excluding hydrogens is 350 g/mol. The van der Waals surface area contributed by atoms with Gasteiger partial charge in [-0.3, -0.25) is 0 Å². The fourth-order valence-corrected chi connectivity index (χ4v) is 3.29. The molecule has 0 aliphatic carbocycles. The van der Waals surface area contributed by atoms with Gasteiger partial charge in [-0.2, -0.15) is 4.68 Å². The van der Waals surface area contributed by atoms with Crippen LogP contribution in [0.5, 0.6) is 0 Å². The number of aryl methyl sites for hydroxylation is 1. The van der Waals surface area contributed by atoms with E-state index in [-0.39, 0.29) is 0 Å². The Morgan fingerprint density at radius 1 is 1.29 bits per heavy atom. The Kier molecular flexibility index (Phi) is 3.90. The van der Waals surface area contributed by atoms with Crippen LogP contribution in [0.1, 0.15) is 11.4 Å². The Morgan fingerprint density at radius 3 is 2.53 bits per heavy atom. The molecular formula is C10H11Br2N5. The van der Waals surface area contributed by atoms with Crippen molar-refractivity contribution in [1.82, 2.24) is 25.5 Å². The maximum Gasteiger partial charge on any atom is 0.170 e. The van der Waals surface area contributed by atoms with Crippen LogP contribution in [-0.2, 0) is 6.54 Å². The molecule has 1 N–H and O–H groups in total. The standard InChI is InChI=1S/C10H11Br2N5/c1-6-3-7(11)10(8(12)4-6)17-9(5-13-2)14-15-16-17/h3-4,13H,5H2,1-2H3. The fourth-order valence-electron chi connectivity index (χ4n) is 1.54. The molecule has 0 unspecified atom stereocenters. The molecule has 0 radical (unpaired) electrons. The van der Waals surface area contributed by atoms with Gasteiger partial charge in [0.1, 0.15) is 0 Å². The second-order valence-electron chi connectivity index (χ2n) is 3.61. The highest BCUT2D eigenvalue weighted by Crippen LogP contribution is 2.30. The van der Waals surface area contributed by atoms with Crippen LogP contribution >= 0.6 is 31.9 Å². The number of halogens is 2. The predicted octanol–water partition coefficient (Wildman–Crippen LogP) is 2.22. The van der Waals surface area contributed by atoms with Gasteiger partial charge in [-0.1, -0.05) is 0 Å². The molecule has 90 valence electrons. The summed E-state index contributed by atoms with van der Waals surface area (Å²) in [6, 6.07) is 4.07. The third-order valence-corrected chi connectivity index (χ3v) is 3.45. The molecule has 7 heteroatoms. The summed E-state index contributed by atoms with van der Waals surface area (Å²) in [5.41, 5.74) is 2.07. The van der Waals surface area contributed by atoms with Crippen molar-refractivity contribution in [3.63, 3.8) is 0 Å². The SMILES string of the molecule is CNCc1nnnn1-c1c(Br)cc(C)cc1Br. The van der Waals surface area contributed by atoms with Crippen molar-refractivity contribution in [3.05, 3.63) is 32.5 Å². The molecule has 0 bridgehead atoms. The van der Waals surface area contributed by atoms with E-state index in [1.165, 1.54) is 0 Å². The lowest BCUT2D eigenvalue weighted by molar-refractivity contribution is 0.706. The van der Waals surface area contributed by atoms with E-state index in [0.717, 1.165) is 26.0 Å². The summed E-state index contributed by atoms with van der Waals surface area (Å²) >= 11 is 7.08. The molecule has 0 saturated heterocycles.